The van der Waals surface area contributed by atoms with E-state index in [2.05, 4.69) is 0 Å². The van der Waals surface area contributed by atoms with E-state index >= 15 is 0 Å². The van der Waals surface area contributed by atoms with Crippen molar-refractivity contribution in [2.75, 3.05) is 20.3 Å². The van der Waals surface area contributed by atoms with Gasteiger partial charge in [0.15, 0.2) is 0 Å². The van der Waals surface area contributed by atoms with Gasteiger partial charge in [0.2, 0.25) is 0 Å². The summed E-state index contributed by atoms with van der Waals surface area (Å²) in [5.74, 6) is 0.957. The van der Waals surface area contributed by atoms with Gasteiger partial charge in [-0.1, -0.05) is 18.2 Å². The van der Waals surface area contributed by atoms with Crippen LogP contribution in [0.2, 0.25) is 0 Å². The summed E-state index contributed by atoms with van der Waals surface area (Å²) in [4.78, 5) is 11.2. The van der Waals surface area contributed by atoms with Crippen LogP contribution < -0.4 is 4.74 Å². The highest BCUT2D eigenvalue weighted by Gasteiger charge is 2.28. The first-order valence-electron chi connectivity index (χ1n) is 5.52. The second kappa shape index (κ2) is 5.12. The molecule has 1 fully saturated rings. The fraction of sp³-hybridized carbons (Fsp3) is 0.462. The minimum atomic E-state index is -0.112. The van der Waals surface area contributed by atoms with Gasteiger partial charge in [-0.15, -0.1) is 0 Å². The molecule has 0 radical (unpaired) electrons. The maximum Gasteiger partial charge on any atom is 0.127 e. The molecule has 2 atom stereocenters. The molecule has 0 N–H and O–H groups in total. The van der Waals surface area contributed by atoms with Gasteiger partial charge in [-0.25, -0.2) is 0 Å². The molecule has 1 aromatic rings. The molecule has 0 amide bonds. The van der Waals surface area contributed by atoms with Crippen LogP contribution in [0.5, 0.6) is 5.75 Å². The number of aldehydes is 1. The summed E-state index contributed by atoms with van der Waals surface area (Å²) in [5.41, 5.74) is 0.968. The van der Waals surface area contributed by atoms with Gasteiger partial charge in [0.25, 0.3) is 0 Å². The van der Waals surface area contributed by atoms with E-state index in [0.717, 1.165) is 30.6 Å². The van der Waals surface area contributed by atoms with Crippen molar-refractivity contribution in [3.05, 3.63) is 29.8 Å². The van der Waals surface area contributed by atoms with Crippen LogP contribution in [0.15, 0.2) is 24.3 Å². The minimum absolute atomic E-state index is 0.112. The average Bonchev–Trinajstić information content (AvgIpc) is 2.84. The number of carbonyl (C=O) groups excluding carboxylic acids is 1. The minimum Gasteiger partial charge on any atom is -0.496 e. The topological polar surface area (TPSA) is 35.5 Å². The number of benzene rings is 1. The van der Waals surface area contributed by atoms with Crippen LogP contribution in [0.25, 0.3) is 0 Å². The standard InChI is InChI=1S/C13H16O3/c1-15-13-5-3-2-4-11(13)12(8-14)10-6-7-16-9-10/h2-5,8,10,12H,6-7,9H2,1H3. The monoisotopic (exact) mass is 220 g/mol. The Morgan fingerprint density at radius 2 is 2.31 bits per heavy atom. The Labute approximate surface area is 95.4 Å². The SMILES string of the molecule is COc1ccccc1C(C=O)C1CCOC1. The normalized spacial score (nSPS) is 21.7. The van der Waals surface area contributed by atoms with Gasteiger partial charge in [-0.2, -0.15) is 0 Å². The molecule has 0 spiro atoms. The number of para-hydroxylation sites is 1. The maximum atomic E-state index is 11.2. The van der Waals surface area contributed by atoms with Gasteiger partial charge in [-0.05, 0) is 18.4 Å². The summed E-state index contributed by atoms with van der Waals surface area (Å²) in [6.07, 6.45) is 1.96. The molecule has 3 nitrogen and oxygen atoms in total. The van der Waals surface area contributed by atoms with Crippen molar-refractivity contribution < 1.29 is 14.3 Å². The lowest BCUT2D eigenvalue weighted by atomic mass is 9.86. The van der Waals surface area contributed by atoms with Gasteiger partial charge in [-0.3, -0.25) is 0 Å². The summed E-state index contributed by atoms with van der Waals surface area (Å²) in [5, 5.41) is 0. The van der Waals surface area contributed by atoms with Crippen LogP contribution in [0.1, 0.15) is 17.9 Å². The van der Waals surface area contributed by atoms with Crippen molar-refractivity contribution in [1.82, 2.24) is 0 Å². The van der Waals surface area contributed by atoms with Gasteiger partial charge < -0.3 is 14.3 Å². The number of hydrogen-bond acceptors (Lipinski definition) is 3. The molecule has 1 aliphatic heterocycles. The Bertz CT molecular complexity index is 356. The maximum absolute atomic E-state index is 11.2. The summed E-state index contributed by atoms with van der Waals surface area (Å²) >= 11 is 0. The Morgan fingerprint density at radius 1 is 1.50 bits per heavy atom. The van der Waals surface area contributed by atoms with Crippen molar-refractivity contribution in [2.45, 2.75) is 12.3 Å². The average molecular weight is 220 g/mol. The molecule has 1 aliphatic rings. The van der Waals surface area contributed by atoms with Gasteiger partial charge in [0.05, 0.1) is 13.7 Å². The first-order chi connectivity index (χ1) is 7.86. The van der Waals surface area contributed by atoms with Crippen molar-refractivity contribution in [1.29, 1.82) is 0 Å². The van der Waals surface area contributed by atoms with Crippen molar-refractivity contribution >= 4 is 6.29 Å². The molecule has 0 bridgehead atoms. The zero-order valence-corrected chi connectivity index (χ0v) is 9.39. The lowest BCUT2D eigenvalue weighted by molar-refractivity contribution is -0.110. The second-order valence-electron chi connectivity index (χ2n) is 4.03. The predicted octanol–water partition coefficient (Wildman–Crippen LogP) is 2.01. The molecular formula is C13H16O3. The smallest absolute Gasteiger partial charge is 0.127 e. The number of rotatable bonds is 4. The van der Waals surface area contributed by atoms with Crippen LogP contribution in [0, 0.1) is 5.92 Å². The fourth-order valence-corrected chi connectivity index (χ4v) is 2.22. The highest BCUT2D eigenvalue weighted by Crippen LogP contribution is 2.34. The van der Waals surface area contributed by atoms with Crippen LogP contribution in [0.4, 0.5) is 0 Å². The molecule has 3 heteroatoms. The van der Waals surface area contributed by atoms with Crippen LogP contribution in [-0.2, 0) is 9.53 Å². The number of hydrogen-bond donors (Lipinski definition) is 0. The Hall–Kier alpha value is -1.35. The highest BCUT2D eigenvalue weighted by atomic mass is 16.5. The summed E-state index contributed by atoms with van der Waals surface area (Å²) < 4.78 is 10.6. The van der Waals surface area contributed by atoms with Crippen molar-refractivity contribution in [2.24, 2.45) is 5.92 Å². The third kappa shape index (κ3) is 2.09. The largest absolute Gasteiger partial charge is 0.496 e. The Balaban J connectivity index is 2.28. The number of carbonyl (C=O) groups is 1. The summed E-state index contributed by atoms with van der Waals surface area (Å²) in [6, 6.07) is 7.69. The van der Waals surface area contributed by atoms with Gasteiger partial charge in [0.1, 0.15) is 12.0 Å². The molecule has 1 heterocycles. The molecule has 0 aromatic heterocycles. The number of ether oxygens (including phenoxy) is 2. The van der Waals surface area contributed by atoms with E-state index in [1.54, 1.807) is 7.11 Å². The molecule has 0 aliphatic carbocycles. The van der Waals surface area contributed by atoms with Crippen LogP contribution in [-0.4, -0.2) is 26.6 Å². The highest BCUT2D eigenvalue weighted by molar-refractivity contribution is 5.65. The quantitative estimate of drug-likeness (QED) is 0.728. The second-order valence-corrected chi connectivity index (χ2v) is 4.03. The fourth-order valence-electron chi connectivity index (χ4n) is 2.22. The Kier molecular flexibility index (Phi) is 3.57. The first-order valence-corrected chi connectivity index (χ1v) is 5.52. The predicted molar refractivity (Wildman–Crippen MR) is 60.7 cm³/mol. The summed E-state index contributed by atoms with van der Waals surface area (Å²) in [6.45, 7) is 1.42. The van der Waals surface area contributed by atoms with Crippen LogP contribution >= 0.6 is 0 Å². The molecule has 2 unspecified atom stereocenters. The zero-order valence-electron chi connectivity index (χ0n) is 9.39. The Morgan fingerprint density at radius 3 is 2.94 bits per heavy atom. The molecular weight excluding hydrogens is 204 g/mol. The van der Waals surface area contributed by atoms with E-state index in [0.29, 0.717) is 6.61 Å². The lowest BCUT2D eigenvalue weighted by Gasteiger charge is -2.19. The van der Waals surface area contributed by atoms with Gasteiger partial charge >= 0.3 is 0 Å². The van der Waals surface area contributed by atoms with Crippen molar-refractivity contribution in [3.63, 3.8) is 0 Å². The zero-order chi connectivity index (χ0) is 11.4. The molecule has 2 rings (SSSR count). The third-order valence-electron chi connectivity index (χ3n) is 3.12. The molecule has 16 heavy (non-hydrogen) atoms. The van der Waals surface area contributed by atoms with Gasteiger partial charge in [0, 0.05) is 18.1 Å². The van der Waals surface area contributed by atoms with E-state index in [1.807, 2.05) is 24.3 Å². The lowest BCUT2D eigenvalue weighted by Crippen LogP contribution is -2.15. The van der Waals surface area contributed by atoms with Crippen molar-refractivity contribution in [3.8, 4) is 5.75 Å². The molecule has 0 saturated carbocycles. The van der Waals surface area contributed by atoms with E-state index in [-0.39, 0.29) is 11.8 Å². The third-order valence-corrected chi connectivity index (χ3v) is 3.12. The summed E-state index contributed by atoms with van der Waals surface area (Å²) in [7, 11) is 1.63. The first kappa shape index (κ1) is 11.1. The molecule has 1 aromatic carbocycles. The molecule has 86 valence electrons. The van der Waals surface area contributed by atoms with E-state index in [9.17, 15) is 4.79 Å². The number of methoxy groups -OCH3 is 1. The van der Waals surface area contributed by atoms with E-state index < -0.39 is 0 Å². The van der Waals surface area contributed by atoms with E-state index in [1.165, 1.54) is 0 Å². The van der Waals surface area contributed by atoms with E-state index in [4.69, 9.17) is 9.47 Å². The molecule has 1 saturated heterocycles. The van der Waals surface area contributed by atoms with Crippen LogP contribution in [0.3, 0.4) is 0 Å².